The predicted molar refractivity (Wildman–Crippen MR) is 85.6 cm³/mol. The van der Waals surface area contributed by atoms with E-state index in [0.29, 0.717) is 19.1 Å². The smallest absolute Gasteiger partial charge is 0.0716 e. The van der Waals surface area contributed by atoms with Crippen LogP contribution in [-0.2, 0) is 16.1 Å². The van der Waals surface area contributed by atoms with E-state index in [1.54, 1.807) is 0 Å². The quantitative estimate of drug-likeness (QED) is 0.782. The first-order valence-electron chi connectivity index (χ1n) is 8.35. The number of aliphatic hydroxyl groups is 1. The predicted octanol–water partition coefficient (Wildman–Crippen LogP) is 1.92. The highest BCUT2D eigenvalue weighted by Gasteiger charge is 2.47. The number of aliphatic hydroxyl groups excluding tert-OH is 1. The summed E-state index contributed by atoms with van der Waals surface area (Å²) < 4.78 is 11.3. The third-order valence-electron chi connectivity index (χ3n) is 5.14. The molecule has 0 bridgehead atoms. The second-order valence-corrected chi connectivity index (χ2v) is 6.67. The van der Waals surface area contributed by atoms with Gasteiger partial charge in [0.25, 0.3) is 0 Å². The molecule has 2 saturated heterocycles. The van der Waals surface area contributed by atoms with Gasteiger partial charge in [-0.25, -0.2) is 0 Å². The van der Waals surface area contributed by atoms with E-state index in [2.05, 4.69) is 17.0 Å². The van der Waals surface area contributed by atoms with Crippen molar-refractivity contribution in [1.29, 1.82) is 0 Å². The summed E-state index contributed by atoms with van der Waals surface area (Å²) in [5, 5.41) is 9.80. The Bertz CT molecular complexity index is 453. The fourth-order valence-electron chi connectivity index (χ4n) is 3.74. The molecule has 1 N–H and O–H groups in total. The van der Waals surface area contributed by atoms with Crippen LogP contribution in [0.2, 0.25) is 0 Å². The molecule has 2 fully saturated rings. The lowest BCUT2D eigenvalue weighted by Crippen LogP contribution is -2.41. The monoisotopic (exact) mass is 305 g/mol. The van der Waals surface area contributed by atoms with Crippen molar-refractivity contribution >= 4 is 0 Å². The third-order valence-corrected chi connectivity index (χ3v) is 5.14. The Balaban J connectivity index is 1.36. The van der Waals surface area contributed by atoms with Crippen LogP contribution < -0.4 is 0 Å². The van der Waals surface area contributed by atoms with Gasteiger partial charge in [0.15, 0.2) is 0 Å². The van der Waals surface area contributed by atoms with Crippen molar-refractivity contribution in [3.63, 3.8) is 0 Å². The molecule has 22 heavy (non-hydrogen) atoms. The summed E-state index contributed by atoms with van der Waals surface area (Å²) in [4.78, 5) is 2.47. The van der Waals surface area contributed by atoms with Crippen molar-refractivity contribution in [1.82, 2.24) is 4.90 Å². The Kier molecular flexibility index (Phi) is 5.47. The summed E-state index contributed by atoms with van der Waals surface area (Å²) in [6.45, 7) is 6.49. The van der Waals surface area contributed by atoms with E-state index in [4.69, 9.17) is 9.47 Å². The molecule has 4 nitrogen and oxygen atoms in total. The van der Waals surface area contributed by atoms with Gasteiger partial charge in [-0.2, -0.15) is 0 Å². The van der Waals surface area contributed by atoms with E-state index < -0.39 is 0 Å². The van der Waals surface area contributed by atoms with E-state index >= 15 is 0 Å². The number of rotatable bonds is 7. The number of hydrogen-bond donors (Lipinski definition) is 1. The zero-order valence-electron chi connectivity index (χ0n) is 13.2. The van der Waals surface area contributed by atoms with Crippen LogP contribution in [0.15, 0.2) is 30.3 Å². The Morgan fingerprint density at radius 1 is 1.32 bits per heavy atom. The van der Waals surface area contributed by atoms with Gasteiger partial charge in [0.05, 0.1) is 19.8 Å². The van der Waals surface area contributed by atoms with Gasteiger partial charge in [0, 0.05) is 44.2 Å². The molecule has 0 saturated carbocycles. The maximum absolute atomic E-state index is 9.80. The first-order valence-corrected chi connectivity index (χ1v) is 8.35. The lowest BCUT2D eigenvalue weighted by Gasteiger charge is -2.36. The number of nitrogens with zero attached hydrogens (tertiary/aromatic N) is 1. The van der Waals surface area contributed by atoms with E-state index in [1.807, 2.05) is 18.2 Å². The van der Waals surface area contributed by atoms with Gasteiger partial charge >= 0.3 is 0 Å². The zero-order chi connectivity index (χ0) is 15.3. The fraction of sp³-hybridized carbons (Fsp3) is 0.667. The maximum atomic E-state index is 9.80. The van der Waals surface area contributed by atoms with E-state index in [9.17, 15) is 5.11 Å². The summed E-state index contributed by atoms with van der Waals surface area (Å²) >= 11 is 0. The summed E-state index contributed by atoms with van der Waals surface area (Å²) in [5.74, 6) is 0.497. The van der Waals surface area contributed by atoms with Crippen molar-refractivity contribution in [3.8, 4) is 0 Å². The molecule has 1 aromatic rings. The number of benzene rings is 1. The average Bonchev–Trinajstić information content (AvgIpc) is 2.94. The van der Waals surface area contributed by atoms with E-state index in [1.165, 1.54) is 5.56 Å². The molecule has 4 heteroatoms. The van der Waals surface area contributed by atoms with Crippen molar-refractivity contribution in [2.45, 2.75) is 19.4 Å². The lowest BCUT2D eigenvalue weighted by molar-refractivity contribution is -0.0417. The number of likely N-dealkylation sites (tertiary alicyclic amines) is 1. The van der Waals surface area contributed by atoms with E-state index in [-0.39, 0.29) is 5.41 Å². The standard InChI is InChI=1S/C18H27NO3/c20-15-18-7-10-22-13-17(18)11-19(14-18)8-4-9-21-12-16-5-2-1-3-6-16/h1-3,5-6,17,20H,4,7-15H2/t17-,18-/m1/s1. The van der Waals surface area contributed by atoms with Crippen LogP contribution in [0.1, 0.15) is 18.4 Å². The third kappa shape index (κ3) is 3.69. The van der Waals surface area contributed by atoms with Crippen LogP contribution >= 0.6 is 0 Å². The molecule has 3 rings (SSSR count). The molecule has 1 aromatic carbocycles. The molecule has 0 spiro atoms. The van der Waals surface area contributed by atoms with Gasteiger partial charge < -0.3 is 19.5 Å². The molecule has 2 heterocycles. The molecule has 122 valence electrons. The van der Waals surface area contributed by atoms with Crippen molar-refractivity contribution < 1.29 is 14.6 Å². The first kappa shape index (κ1) is 15.9. The van der Waals surface area contributed by atoms with Crippen LogP contribution in [-0.4, -0.2) is 56.1 Å². The molecular formula is C18H27NO3. The minimum Gasteiger partial charge on any atom is -0.396 e. The Morgan fingerprint density at radius 3 is 2.95 bits per heavy atom. The minimum absolute atomic E-state index is 0.0865. The van der Waals surface area contributed by atoms with Crippen LogP contribution in [0, 0.1) is 11.3 Å². The highest BCUT2D eigenvalue weighted by atomic mass is 16.5. The molecule has 2 aliphatic heterocycles. The second kappa shape index (κ2) is 7.55. The fourth-order valence-corrected chi connectivity index (χ4v) is 3.74. The number of fused-ring (bicyclic) bond motifs is 1. The van der Waals surface area contributed by atoms with Crippen molar-refractivity contribution in [2.24, 2.45) is 11.3 Å². The Morgan fingerprint density at radius 2 is 2.18 bits per heavy atom. The maximum Gasteiger partial charge on any atom is 0.0716 e. The second-order valence-electron chi connectivity index (χ2n) is 6.67. The summed E-state index contributed by atoms with van der Waals surface area (Å²) in [6, 6.07) is 10.3. The molecule has 2 aliphatic rings. The van der Waals surface area contributed by atoms with Gasteiger partial charge in [-0.15, -0.1) is 0 Å². The largest absolute Gasteiger partial charge is 0.396 e. The normalized spacial score (nSPS) is 28.7. The lowest BCUT2D eigenvalue weighted by atomic mass is 9.75. The number of hydrogen-bond acceptors (Lipinski definition) is 4. The van der Waals surface area contributed by atoms with Crippen LogP contribution in [0.5, 0.6) is 0 Å². The zero-order valence-corrected chi connectivity index (χ0v) is 13.2. The van der Waals surface area contributed by atoms with Crippen LogP contribution in [0.3, 0.4) is 0 Å². The summed E-state index contributed by atoms with van der Waals surface area (Å²) in [6.07, 6.45) is 2.04. The first-order chi connectivity index (χ1) is 10.8. The van der Waals surface area contributed by atoms with Gasteiger partial charge in [0.1, 0.15) is 0 Å². The van der Waals surface area contributed by atoms with Gasteiger partial charge in [-0.05, 0) is 18.4 Å². The molecule has 0 aliphatic carbocycles. The Labute approximate surface area is 133 Å². The summed E-state index contributed by atoms with van der Waals surface area (Å²) in [5.41, 5.74) is 1.31. The summed E-state index contributed by atoms with van der Waals surface area (Å²) in [7, 11) is 0. The molecule has 0 amide bonds. The van der Waals surface area contributed by atoms with Gasteiger partial charge in [-0.3, -0.25) is 0 Å². The van der Waals surface area contributed by atoms with Crippen molar-refractivity contribution in [2.75, 3.05) is 46.1 Å². The van der Waals surface area contributed by atoms with Crippen molar-refractivity contribution in [3.05, 3.63) is 35.9 Å². The average molecular weight is 305 g/mol. The van der Waals surface area contributed by atoms with E-state index in [0.717, 1.165) is 52.3 Å². The minimum atomic E-state index is 0.0865. The molecule has 2 atom stereocenters. The van der Waals surface area contributed by atoms with Crippen LogP contribution in [0.4, 0.5) is 0 Å². The topological polar surface area (TPSA) is 41.9 Å². The van der Waals surface area contributed by atoms with Gasteiger partial charge in [-0.1, -0.05) is 30.3 Å². The van der Waals surface area contributed by atoms with Crippen LogP contribution in [0.25, 0.3) is 0 Å². The van der Waals surface area contributed by atoms with Gasteiger partial charge in [0.2, 0.25) is 0 Å². The molecule has 0 aromatic heterocycles. The number of ether oxygens (including phenoxy) is 2. The highest BCUT2D eigenvalue weighted by molar-refractivity contribution is 5.13. The molecule has 0 unspecified atom stereocenters. The SMILES string of the molecule is OC[C@]12CCOC[C@H]1CN(CCCOCc1ccccc1)C2. The molecule has 0 radical (unpaired) electrons. The molecular weight excluding hydrogens is 278 g/mol. The highest BCUT2D eigenvalue weighted by Crippen LogP contribution is 2.41. The Hall–Kier alpha value is -0.940.